The molecule has 0 saturated carbocycles. The van der Waals surface area contributed by atoms with Crippen LogP contribution in [0.4, 0.5) is 0 Å². The summed E-state index contributed by atoms with van der Waals surface area (Å²) in [6, 6.07) is 0. The molecule has 0 rings (SSSR count). The molecular weight excluding hydrogens is 247 g/mol. The van der Waals surface area contributed by atoms with Crippen molar-refractivity contribution in [3.05, 3.63) is 5.92 Å². The smallest absolute Gasteiger partial charge is 0 e. The predicted molar refractivity (Wildman–Crippen MR) is 61.8 cm³/mol. The minimum absolute atomic E-state index is 0. The van der Waals surface area contributed by atoms with Crippen LogP contribution in [-0.2, 0) is 26.2 Å². The van der Waals surface area contributed by atoms with Gasteiger partial charge in [-0.05, 0) is 0 Å². The van der Waals surface area contributed by atoms with Crippen LogP contribution in [0.25, 0.3) is 0 Å². The molecule has 84 valence electrons. The van der Waals surface area contributed by atoms with Crippen LogP contribution in [0, 0.1) is 5.92 Å². The van der Waals surface area contributed by atoms with E-state index in [1.54, 1.807) is 0 Å². The van der Waals surface area contributed by atoms with Gasteiger partial charge in [0, 0.05) is 26.2 Å². The first-order valence-electron chi connectivity index (χ1n) is 6.18. The Bertz CT molecular complexity index is 72.2. The Morgan fingerprint density at radius 3 is 1.14 bits per heavy atom. The van der Waals surface area contributed by atoms with E-state index in [9.17, 15) is 0 Å². The zero-order valence-electron chi connectivity index (χ0n) is 10.4. The number of hydrogen-bond donors (Lipinski definition) is 0. The quantitative estimate of drug-likeness (QED) is 0.511. The molecule has 0 nitrogen and oxygen atoms in total. The molecule has 0 aromatic carbocycles. The normalized spacial score (nSPS) is 10.3. The maximum atomic E-state index is 2.29. The fourth-order valence-corrected chi connectivity index (χ4v) is 1.66. The molecule has 0 aliphatic carbocycles. The van der Waals surface area contributed by atoms with E-state index in [1.165, 1.54) is 57.8 Å². The molecule has 0 spiro atoms. The molecular formula is C13H27Zr-. The molecule has 14 heavy (non-hydrogen) atoms. The molecule has 0 bridgehead atoms. The minimum atomic E-state index is 0. The largest absolute Gasteiger partial charge is 0.314 e. The maximum absolute atomic E-state index is 2.29. The standard InChI is InChI=1S/C13H27.Zr/c1-4-7-10-13(11-8-5-2)12-9-6-3;/h4-12H2,1-3H3;/q-1;. The topological polar surface area (TPSA) is 0 Å². The summed E-state index contributed by atoms with van der Waals surface area (Å²) in [7, 11) is 0. The molecule has 0 saturated heterocycles. The molecule has 0 aliphatic heterocycles. The van der Waals surface area contributed by atoms with E-state index in [0.29, 0.717) is 0 Å². The Kier molecular flexibility index (Phi) is 17.1. The van der Waals surface area contributed by atoms with Crippen molar-refractivity contribution in [3.8, 4) is 0 Å². The second-order valence-electron chi connectivity index (χ2n) is 4.06. The van der Waals surface area contributed by atoms with Gasteiger partial charge in [0.25, 0.3) is 0 Å². The molecule has 0 aromatic heterocycles. The summed E-state index contributed by atoms with van der Waals surface area (Å²) in [4.78, 5) is 0. The van der Waals surface area contributed by atoms with Crippen LogP contribution in [0.3, 0.4) is 0 Å². The SMILES string of the molecule is CCCC[C-](CCCC)CCCC.[Zr]. The summed E-state index contributed by atoms with van der Waals surface area (Å²) in [5.41, 5.74) is 0. The molecule has 0 heterocycles. The van der Waals surface area contributed by atoms with Crippen molar-refractivity contribution in [3.63, 3.8) is 0 Å². The average Bonchev–Trinajstić information content (AvgIpc) is 2.17. The Morgan fingerprint density at radius 2 is 0.929 bits per heavy atom. The zero-order valence-corrected chi connectivity index (χ0v) is 12.8. The van der Waals surface area contributed by atoms with Gasteiger partial charge >= 0.3 is 0 Å². The second kappa shape index (κ2) is 13.9. The summed E-state index contributed by atoms with van der Waals surface area (Å²) in [5.74, 6) is 1.84. The summed E-state index contributed by atoms with van der Waals surface area (Å²) < 4.78 is 0. The van der Waals surface area contributed by atoms with Crippen LogP contribution in [0.15, 0.2) is 0 Å². The number of hydrogen-bond acceptors (Lipinski definition) is 0. The van der Waals surface area contributed by atoms with Crippen LogP contribution in [0.1, 0.15) is 78.6 Å². The Balaban J connectivity index is 0. The van der Waals surface area contributed by atoms with Gasteiger partial charge in [-0.15, -0.1) is 0 Å². The first-order valence-corrected chi connectivity index (χ1v) is 6.18. The maximum Gasteiger partial charge on any atom is 0 e. The third-order valence-electron chi connectivity index (χ3n) is 2.65. The first kappa shape index (κ1) is 17.3. The van der Waals surface area contributed by atoms with E-state index in [4.69, 9.17) is 0 Å². The van der Waals surface area contributed by atoms with Crippen molar-refractivity contribution < 1.29 is 26.2 Å². The van der Waals surface area contributed by atoms with E-state index in [1.807, 2.05) is 5.92 Å². The molecule has 0 aromatic rings. The summed E-state index contributed by atoms with van der Waals surface area (Å²) in [6.07, 6.45) is 12.5. The predicted octanol–water partition coefficient (Wildman–Crippen LogP) is 5.13. The van der Waals surface area contributed by atoms with E-state index in [2.05, 4.69) is 20.8 Å². The number of rotatable bonds is 9. The van der Waals surface area contributed by atoms with Crippen LogP contribution >= 0.6 is 0 Å². The van der Waals surface area contributed by atoms with Crippen molar-refractivity contribution in [2.24, 2.45) is 0 Å². The van der Waals surface area contributed by atoms with Crippen molar-refractivity contribution >= 4 is 0 Å². The van der Waals surface area contributed by atoms with Gasteiger partial charge in [-0.3, -0.25) is 0 Å². The van der Waals surface area contributed by atoms with Crippen molar-refractivity contribution in [1.29, 1.82) is 0 Å². The fraction of sp³-hybridized carbons (Fsp3) is 0.923. The Labute approximate surface area is 110 Å². The van der Waals surface area contributed by atoms with Gasteiger partial charge < -0.3 is 5.92 Å². The minimum Gasteiger partial charge on any atom is -0.314 e. The Morgan fingerprint density at radius 1 is 0.643 bits per heavy atom. The van der Waals surface area contributed by atoms with Gasteiger partial charge in [0.15, 0.2) is 0 Å². The van der Waals surface area contributed by atoms with Gasteiger partial charge in [0.05, 0.1) is 0 Å². The van der Waals surface area contributed by atoms with Crippen molar-refractivity contribution in [2.45, 2.75) is 78.6 Å². The average molecular weight is 275 g/mol. The van der Waals surface area contributed by atoms with Gasteiger partial charge in [0.1, 0.15) is 0 Å². The van der Waals surface area contributed by atoms with Crippen molar-refractivity contribution in [2.75, 3.05) is 0 Å². The van der Waals surface area contributed by atoms with Gasteiger partial charge in [0.2, 0.25) is 0 Å². The molecule has 0 atom stereocenters. The van der Waals surface area contributed by atoms with Gasteiger partial charge in [-0.25, -0.2) is 0 Å². The van der Waals surface area contributed by atoms with Gasteiger partial charge in [-0.2, -0.15) is 19.3 Å². The number of unbranched alkanes of at least 4 members (excludes halogenated alkanes) is 3. The second-order valence-corrected chi connectivity index (χ2v) is 4.06. The van der Waals surface area contributed by atoms with E-state index >= 15 is 0 Å². The van der Waals surface area contributed by atoms with E-state index in [-0.39, 0.29) is 26.2 Å². The molecule has 0 radical (unpaired) electrons. The fourth-order valence-electron chi connectivity index (χ4n) is 1.66. The van der Waals surface area contributed by atoms with Crippen molar-refractivity contribution in [1.82, 2.24) is 0 Å². The van der Waals surface area contributed by atoms with E-state index < -0.39 is 0 Å². The zero-order chi connectivity index (χ0) is 9.94. The van der Waals surface area contributed by atoms with Crippen LogP contribution in [0.2, 0.25) is 0 Å². The third-order valence-corrected chi connectivity index (χ3v) is 2.65. The summed E-state index contributed by atoms with van der Waals surface area (Å²) >= 11 is 0. The monoisotopic (exact) mass is 273 g/mol. The summed E-state index contributed by atoms with van der Waals surface area (Å²) in [5, 5.41) is 0. The molecule has 0 N–H and O–H groups in total. The van der Waals surface area contributed by atoms with E-state index in [0.717, 1.165) is 0 Å². The van der Waals surface area contributed by atoms with Crippen LogP contribution < -0.4 is 0 Å². The first-order chi connectivity index (χ1) is 6.35. The molecule has 0 unspecified atom stereocenters. The molecule has 0 aliphatic rings. The third kappa shape index (κ3) is 11.0. The Hall–Kier alpha value is 0.883. The summed E-state index contributed by atoms with van der Waals surface area (Å²) in [6.45, 7) is 6.87. The van der Waals surface area contributed by atoms with Gasteiger partial charge in [-0.1, -0.05) is 59.3 Å². The molecule has 0 fully saturated rings. The van der Waals surface area contributed by atoms with Crippen LogP contribution in [0.5, 0.6) is 0 Å². The molecule has 1 heteroatoms. The van der Waals surface area contributed by atoms with Crippen LogP contribution in [-0.4, -0.2) is 0 Å². The molecule has 0 amide bonds.